The monoisotopic (exact) mass is 362 g/mol. The number of nitrogens with one attached hydrogen (secondary N) is 1. The SMILES string of the molecule is Cc1nc(N/N=C\c2cccc(F)c2)c2cc(-c3ccccc3)sc2n1. The molecular formula is C20H15FN4S. The van der Waals surface area contributed by atoms with Gasteiger partial charge in [0, 0.05) is 4.88 Å². The van der Waals surface area contributed by atoms with Gasteiger partial charge >= 0.3 is 0 Å². The summed E-state index contributed by atoms with van der Waals surface area (Å²) >= 11 is 1.62. The molecule has 128 valence electrons. The fraction of sp³-hybridized carbons (Fsp3) is 0.0500. The summed E-state index contributed by atoms with van der Waals surface area (Å²) in [4.78, 5) is 11.0. The zero-order valence-electron chi connectivity index (χ0n) is 14.0. The Morgan fingerprint density at radius 3 is 2.69 bits per heavy atom. The third-order valence-electron chi connectivity index (χ3n) is 3.80. The van der Waals surface area contributed by atoms with Gasteiger partial charge in [-0.15, -0.1) is 11.3 Å². The van der Waals surface area contributed by atoms with E-state index in [0.29, 0.717) is 17.2 Å². The molecule has 6 heteroatoms. The first-order chi connectivity index (χ1) is 12.7. The predicted molar refractivity (Wildman–Crippen MR) is 105 cm³/mol. The summed E-state index contributed by atoms with van der Waals surface area (Å²) in [6.45, 7) is 1.85. The van der Waals surface area contributed by atoms with Crippen LogP contribution in [0.1, 0.15) is 11.4 Å². The topological polar surface area (TPSA) is 50.2 Å². The Morgan fingerprint density at radius 2 is 1.88 bits per heavy atom. The lowest BCUT2D eigenvalue weighted by molar-refractivity contribution is 0.627. The summed E-state index contributed by atoms with van der Waals surface area (Å²) in [5.41, 5.74) is 4.78. The van der Waals surface area contributed by atoms with Crippen LogP contribution in [-0.4, -0.2) is 16.2 Å². The molecule has 4 nitrogen and oxygen atoms in total. The summed E-state index contributed by atoms with van der Waals surface area (Å²) in [6.07, 6.45) is 1.57. The van der Waals surface area contributed by atoms with Crippen molar-refractivity contribution in [2.75, 3.05) is 5.43 Å². The number of halogens is 1. The molecule has 0 bridgehead atoms. The molecule has 0 radical (unpaired) electrons. The standard InChI is InChI=1S/C20H15FN4S/c1-13-23-19(25-22-12-14-6-5-9-16(21)10-14)17-11-18(26-20(17)24-13)15-7-3-2-4-8-15/h2-12H,1H3,(H,23,24,25)/b22-12-. The number of thiophene rings is 1. The molecule has 2 heterocycles. The second-order valence-electron chi connectivity index (χ2n) is 5.74. The number of aromatic nitrogens is 2. The van der Waals surface area contributed by atoms with E-state index in [9.17, 15) is 4.39 Å². The van der Waals surface area contributed by atoms with Gasteiger partial charge in [-0.3, -0.25) is 5.43 Å². The maximum absolute atomic E-state index is 13.2. The minimum Gasteiger partial charge on any atom is -0.261 e. The van der Waals surface area contributed by atoms with Crippen LogP contribution in [0, 0.1) is 12.7 Å². The normalized spacial score (nSPS) is 11.3. The van der Waals surface area contributed by atoms with E-state index in [-0.39, 0.29) is 5.82 Å². The number of benzene rings is 2. The molecule has 2 aromatic heterocycles. The number of aryl methyl sites for hydroxylation is 1. The Morgan fingerprint density at radius 1 is 1.04 bits per heavy atom. The van der Waals surface area contributed by atoms with Crippen molar-refractivity contribution < 1.29 is 4.39 Å². The van der Waals surface area contributed by atoms with Crippen LogP contribution in [-0.2, 0) is 0 Å². The van der Waals surface area contributed by atoms with E-state index < -0.39 is 0 Å². The Bertz CT molecular complexity index is 1090. The van der Waals surface area contributed by atoms with Crippen molar-refractivity contribution in [3.8, 4) is 10.4 Å². The first-order valence-corrected chi connectivity index (χ1v) is 8.89. The van der Waals surface area contributed by atoms with Crippen LogP contribution >= 0.6 is 11.3 Å². The van der Waals surface area contributed by atoms with Crippen LogP contribution < -0.4 is 5.43 Å². The lowest BCUT2D eigenvalue weighted by Crippen LogP contribution is -1.97. The van der Waals surface area contributed by atoms with Gasteiger partial charge in [-0.25, -0.2) is 14.4 Å². The van der Waals surface area contributed by atoms with Crippen LogP contribution in [0.4, 0.5) is 10.2 Å². The van der Waals surface area contributed by atoms with Gasteiger partial charge in [-0.05, 0) is 36.2 Å². The molecule has 26 heavy (non-hydrogen) atoms. The molecule has 0 aliphatic rings. The number of hydrogen-bond donors (Lipinski definition) is 1. The molecule has 4 rings (SSSR count). The largest absolute Gasteiger partial charge is 0.261 e. The number of anilines is 1. The van der Waals surface area contributed by atoms with Gasteiger partial charge in [0.25, 0.3) is 0 Å². The van der Waals surface area contributed by atoms with E-state index >= 15 is 0 Å². The molecule has 0 saturated heterocycles. The van der Waals surface area contributed by atoms with Crippen LogP contribution in [0.2, 0.25) is 0 Å². The minimum atomic E-state index is -0.292. The number of hydrogen-bond acceptors (Lipinski definition) is 5. The highest BCUT2D eigenvalue weighted by molar-refractivity contribution is 7.21. The smallest absolute Gasteiger partial charge is 0.158 e. The average Bonchev–Trinajstić information content (AvgIpc) is 3.06. The summed E-state index contributed by atoms with van der Waals surface area (Å²) in [5.74, 6) is 1.01. The van der Waals surface area contributed by atoms with Crippen molar-refractivity contribution >= 4 is 33.6 Å². The number of fused-ring (bicyclic) bond motifs is 1. The van der Waals surface area contributed by atoms with Crippen molar-refractivity contribution in [1.29, 1.82) is 0 Å². The van der Waals surface area contributed by atoms with E-state index in [4.69, 9.17) is 0 Å². The van der Waals surface area contributed by atoms with Gasteiger partial charge < -0.3 is 0 Å². The van der Waals surface area contributed by atoms with E-state index in [1.54, 1.807) is 29.7 Å². The summed E-state index contributed by atoms with van der Waals surface area (Å²) in [7, 11) is 0. The molecule has 0 atom stereocenters. The number of rotatable bonds is 4. The zero-order chi connectivity index (χ0) is 17.9. The minimum absolute atomic E-state index is 0.292. The van der Waals surface area contributed by atoms with Gasteiger partial charge in [0.15, 0.2) is 5.82 Å². The maximum atomic E-state index is 13.2. The van der Waals surface area contributed by atoms with E-state index in [0.717, 1.165) is 20.7 Å². The lowest BCUT2D eigenvalue weighted by atomic mass is 10.2. The third-order valence-corrected chi connectivity index (χ3v) is 4.87. The molecule has 2 aromatic carbocycles. The zero-order valence-corrected chi connectivity index (χ0v) is 14.8. The van der Waals surface area contributed by atoms with E-state index in [1.807, 2.05) is 25.1 Å². The molecular weight excluding hydrogens is 347 g/mol. The Balaban J connectivity index is 1.67. The number of nitrogens with zero attached hydrogens (tertiary/aromatic N) is 3. The van der Waals surface area contributed by atoms with Gasteiger partial charge in [0.2, 0.25) is 0 Å². The van der Waals surface area contributed by atoms with Gasteiger partial charge in [0.1, 0.15) is 16.5 Å². The summed E-state index contributed by atoms with van der Waals surface area (Å²) < 4.78 is 13.2. The van der Waals surface area contributed by atoms with Crippen LogP contribution in [0.15, 0.2) is 65.8 Å². The summed E-state index contributed by atoms with van der Waals surface area (Å²) in [5, 5.41) is 5.11. The Hall–Kier alpha value is -3.12. The van der Waals surface area contributed by atoms with Gasteiger partial charge in [-0.2, -0.15) is 5.10 Å². The van der Waals surface area contributed by atoms with Crippen LogP contribution in [0.25, 0.3) is 20.7 Å². The van der Waals surface area contributed by atoms with Crippen molar-refractivity contribution in [3.63, 3.8) is 0 Å². The molecule has 1 N–H and O–H groups in total. The number of hydrazone groups is 1. The van der Waals surface area contributed by atoms with Crippen LogP contribution in [0.5, 0.6) is 0 Å². The second-order valence-corrected chi connectivity index (χ2v) is 6.77. The quantitative estimate of drug-likeness (QED) is 0.398. The van der Waals surface area contributed by atoms with Gasteiger partial charge in [-0.1, -0.05) is 42.5 Å². The van der Waals surface area contributed by atoms with E-state index in [1.165, 1.54) is 12.1 Å². The molecule has 0 amide bonds. The Labute approximate surface area is 154 Å². The van der Waals surface area contributed by atoms with Crippen molar-refractivity contribution in [3.05, 3.63) is 77.9 Å². The maximum Gasteiger partial charge on any atom is 0.158 e. The highest BCUT2D eigenvalue weighted by Crippen LogP contribution is 2.35. The Kier molecular flexibility index (Phi) is 4.41. The molecule has 0 unspecified atom stereocenters. The van der Waals surface area contributed by atoms with E-state index in [2.05, 4.69) is 38.7 Å². The summed E-state index contributed by atoms with van der Waals surface area (Å²) in [6, 6.07) is 18.5. The predicted octanol–water partition coefficient (Wildman–Crippen LogP) is 5.25. The molecule has 0 aliphatic carbocycles. The first-order valence-electron chi connectivity index (χ1n) is 8.07. The van der Waals surface area contributed by atoms with Crippen LogP contribution in [0.3, 0.4) is 0 Å². The fourth-order valence-corrected chi connectivity index (χ4v) is 3.70. The van der Waals surface area contributed by atoms with Crippen molar-refractivity contribution in [2.24, 2.45) is 5.10 Å². The molecule has 0 saturated carbocycles. The highest BCUT2D eigenvalue weighted by atomic mass is 32.1. The molecule has 4 aromatic rings. The van der Waals surface area contributed by atoms with Crippen molar-refractivity contribution in [1.82, 2.24) is 9.97 Å². The average molecular weight is 362 g/mol. The van der Waals surface area contributed by atoms with Crippen molar-refractivity contribution in [2.45, 2.75) is 6.92 Å². The molecule has 0 spiro atoms. The third kappa shape index (κ3) is 3.45. The lowest BCUT2D eigenvalue weighted by Gasteiger charge is -2.02. The fourth-order valence-electron chi connectivity index (χ4n) is 2.61. The highest BCUT2D eigenvalue weighted by Gasteiger charge is 2.11. The molecule has 0 aliphatic heterocycles. The second kappa shape index (κ2) is 7.01. The molecule has 0 fully saturated rings. The first kappa shape index (κ1) is 16.4. The van der Waals surface area contributed by atoms with Gasteiger partial charge in [0.05, 0.1) is 11.6 Å².